The van der Waals surface area contributed by atoms with Gasteiger partial charge in [0.05, 0.1) is 25.4 Å². The summed E-state index contributed by atoms with van der Waals surface area (Å²) in [6, 6.07) is -0.795. The molecular formula is C38H73NO8. The Morgan fingerprint density at radius 1 is 0.702 bits per heavy atom. The van der Waals surface area contributed by atoms with Gasteiger partial charge in [0.2, 0.25) is 5.91 Å². The predicted molar refractivity (Wildman–Crippen MR) is 189 cm³/mol. The SMILES string of the molecule is CCCCCCCCC/C=C/[C@@H](O)[C@H](CO[C@H]1O[C@@H](CO)[C@H](O)C(O)C1O)NC(=O)CCCCCCCCCCCCCCCCC. The maximum Gasteiger partial charge on any atom is 0.220 e. The summed E-state index contributed by atoms with van der Waals surface area (Å²) in [4.78, 5) is 12.8. The molecule has 9 heteroatoms. The Bertz CT molecular complexity index is 751. The number of carbonyl (C=O) groups is 1. The van der Waals surface area contributed by atoms with Gasteiger partial charge in [-0.2, -0.15) is 0 Å². The van der Waals surface area contributed by atoms with E-state index in [1.807, 2.05) is 6.08 Å². The Kier molecular flexibility index (Phi) is 27.9. The minimum absolute atomic E-state index is 0.179. The molecule has 1 rings (SSSR count). The number of aliphatic hydroxyl groups excluding tert-OH is 5. The monoisotopic (exact) mass is 672 g/mol. The van der Waals surface area contributed by atoms with Crippen LogP contribution in [0.15, 0.2) is 12.2 Å². The molecule has 1 aliphatic heterocycles. The van der Waals surface area contributed by atoms with Crippen molar-refractivity contribution in [2.24, 2.45) is 0 Å². The number of hydrogen-bond acceptors (Lipinski definition) is 8. The van der Waals surface area contributed by atoms with Crippen LogP contribution in [0.2, 0.25) is 0 Å². The Hall–Kier alpha value is -1.07. The number of rotatable bonds is 31. The van der Waals surface area contributed by atoms with Crippen molar-refractivity contribution in [3.05, 3.63) is 12.2 Å². The van der Waals surface area contributed by atoms with E-state index in [-0.39, 0.29) is 12.5 Å². The van der Waals surface area contributed by atoms with Crippen LogP contribution in [0.1, 0.15) is 168 Å². The highest BCUT2D eigenvalue weighted by Gasteiger charge is 2.44. The molecule has 0 radical (unpaired) electrons. The van der Waals surface area contributed by atoms with E-state index in [2.05, 4.69) is 19.2 Å². The summed E-state index contributed by atoms with van der Waals surface area (Å²) in [5.74, 6) is -0.179. The van der Waals surface area contributed by atoms with Crippen molar-refractivity contribution >= 4 is 5.91 Å². The topological polar surface area (TPSA) is 149 Å². The molecule has 1 amide bonds. The largest absolute Gasteiger partial charge is 0.394 e. The van der Waals surface area contributed by atoms with Gasteiger partial charge >= 0.3 is 0 Å². The van der Waals surface area contributed by atoms with Gasteiger partial charge in [-0.1, -0.05) is 154 Å². The highest BCUT2D eigenvalue weighted by molar-refractivity contribution is 5.76. The highest BCUT2D eigenvalue weighted by atomic mass is 16.7. The molecule has 2 unspecified atom stereocenters. The van der Waals surface area contributed by atoms with Crippen molar-refractivity contribution in [3.8, 4) is 0 Å². The first-order chi connectivity index (χ1) is 22.8. The van der Waals surface area contributed by atoms with Crippen molar-refractivity contribution in [1.29, 1.82) is 0 Å². The molecule has 1 fully saturated rings. The standard InChI is InChI=1S/C38H73NO8/c1-3-5-7-9-11-13-14-15-16-17-18-20-22-24-26-28-34(42)39-31(32(41)27-25-23-21-19-12-10-8-6-4-2)30-46-38-37(45)36(44)35(43)33(29-40)47-38/h25,27,31-33,35-38,40-41,43-45H,3-24,26,28-30H2,1-2H3,(H,39,42)/b27-25+/t31-,32+,33-,35-,36?,37?,38-/m0/s1. The van der Waals surface area contributed by atoms with Crippen molar-refractivity contribution < 1.29 is 39.8 Å². The van der Waals surface area contributed by atoms with E-state index in [1.54, 1.807) is 6.08 Å². The molecule has 1 aliphatic rings. The fraction of sp³-hybridized carbons (Fsp3) is 0.921. The molecular weight excluding hydrogens is 598 g/mol. The van der Waals surface area contributed by atoms with Crippen molar-refractivity contribution in [1.82, 2.24) is 5.32 Å². The third-order valence-electron chi connectivity index (χ3n) is 9.36. The number of aliphatic hydroxyl groups is 5. The first-order valence-electron chi connectivity index (χ1n) is 19.4. The van der Waals surface area contributed by atoms with Crippen LogP contribution in [0.5, 0.6) is 0 Å². The lowest BCUT2D eigenvalue weighted by Gasteiger charge is -2.40. The summed E-state index contributed by atoms with van der Waals surface area (Å²) in [5.41, 5.74) is 0. The van der Waals surface area contributed by atoms with E-state index >= 15 is 0 Å². The zero-order chi connectivity index (χ0) is 34.5. The number of hydrogen-bond donors (Lipinski definition) is 6. The molecule has 0 spiro atoms. The van der Waals surface area contributed by atoms with Crippen molar-refractivity contribution in [2.75, 3.05) is 13.2 Å². The van der Waals surface area contributed by atoms with Crippen LogP contribution in [0.3, 0.4) is 0 Å². The van der Waals surface area contributed by atoms with Gasteiger partial charge in [0, 0.05) is 6.42 Å². The van der Waals surface area contributed by atoms with Gasteiger partial charge < -0.3 is 40.3 Å². The van der Waals surface area contributed by atoms with Gasteiger partial charge in [-0.3, -0.25) is 4.79 Å². The van der Waals surface area contributed by atoms with Crippen LogP contribution in [0.25, 0.3) is 0 Å². The van der Waals surface area contributed by atoms with E-state index in [0.29, 0.717) is 6.42 Å². The Labute approximate surface area is 286 Å². The molecule has 6 N–H and O–H groups in total. The van der Waals surface area contributed by atoms with E-state index in [4.69, 9.17) is 9.47 Å². The number of carbonyl (C=O) groups excluding carboxylic acids is 1. The second-order valence-electron chi connectivity index (χ2n) is 13.7. The number of amides is 1. The lowest BCUT2D eigenvalue weighted by molar-refractivity contribution is -0.302. The third-order valence-corrected chi connectivity index (χ3v) is 9.36. The first kappa shape index (κ1) is 44.0. The molecule has 1 heterocycles. The molecule has 0 aromatic heterocycles. The number of unbranched alkanes of at least 4 members (excludes halogenated alkanes) is 21. The molecule has 47 heavy (non-hydrogen) atoms. The summed E-state index contributed by atoms with van der Waals surface area (Å²) in [6.45, 7) is 3.72. The van der Waals surface area contributed by atoms with Crippen LogP contribution >= 0.6 is 0 Å². The van der Waals surface area contributed by atoms with E-state index < -0.39 is 49.5 Å². The third kappa shape index (κ3) is 21.6. The molecule has 9 nitrogen and oxygen atoms in total. The Morgan fingerprint density at radius 3 is 1.66 bits per heavy atom. The maximum absolute atomic E-state index is 12.8. The number of ether oxygens (including phenoxy) is 2. The molecule has 0 aromatic carbocycles. The summed E-state index contributed by atoms with van der Waals surface area (Å²) in [6.07, 6.45) is 24.0. The maximum atomic E-state index is 12.8. The van der Waals surface area contributed by atoms with Gasteiger partial charge in [-0.25, -0.2) is 0 Å². The fourth-order valence-electron chi connectivity index (χ4n) is 6.15. The summed E-state index contributed by atoms with van der Waals surface area (Å²) < 4.78 is 11.1. The van der Waals surface area contributed by atoms with E-state index in [9.17, 15) is 30.3 Å². The average molecular weight is 672 g/mol. The van der Waals surface area contributed by atoms with Crippen LogP contribution in [0.4, 0.5) is 0 Å². The van der Waals surface area contributed by atoms with Crippen molar-refractivity contribution in [3.63, 3.8) is 0 Å². The highest BCUT2D eigenvalue weighted by Crippen LogP contribution is 2.22. The van der Waals surface area contributed by atoms with Crippen LogP contribution in [-0.2, 0) is 14.3 Å². The molecule has 278 valence electrons. The number of nitrogens with one attached hydrogen (secondary N) is 1. The normalized spacial score (nSPS) is 22.9. The molecule has 7 atom stereocenters. The van der Waals surface area contributed by atoms with Crippen LogP contribution in [-0.4, -0.2) is 87.5 Å². The van der Waals surface area contributed by atoms with Gasteiger partial charge in [0.25, 0.3) is 0 Å². The second-order valence-corrected chi connectivity index (χ2v) is 13.7. The lowest BCUT2D eigenvalue weighted by Crippen LogP contribution is -2.60. The second kappa shape index (κ2) is 29.8. The van der Waals surface area contributed by atoms with Crippen LogP contribution < -0.4 is 5.32 Å². The minimum Gasteiger partial charge on any atom is -0.394 e. The average Bonchev–Trinajstić information content (AvgIpc) is 3.07. The van der Waals surface area contributed by atoms with E-state index in [0.717, 1.165) is 38.5 Å². The number of allylic oxidation sites excluding steroid dienone is 1. The zero-order valence-corrected chi connectivity index (χ0v) is 30.0. The van der Waals surface area contributed by atoms with Crippen LogP contribution in [0, 0.1) is 0 Å². The predicted octanol–water partition coefficient (Wildman–Crippen LogP) is 6.61. The Morgan fingerprint density at radius 2 is 1.17 bits per heavy atom. The smallest absolute Gasteiger partial charge is 0.220 e. The molecule has 0 bridgehead atoms. The first-order valence-corrected chi connectivity index (χ1v) is 19.4. The van der Waals surface area contributed by atoms with Gasteiger partial charge in [-0.05, 0) is 19.3 Å². The van der Waals surface area contributed by atoms with Gasteiger partial charge in [0.1, 0.15) is 24.4 Å². The lowest BCUT2D eigenvalue weighted by atomic mass is 9.99. The minimum atomic E-state index is -1.56. The van der Waals surface area contributed by atoms with Gasteiger partial charge in [0.15, 0.2) is 6.29 Å². The molecule has 0 saturated carbocycles. The molecule has 0 aliphatic carbocycles. The van der Waals surface area contributed by atoms with Crippen molar-refractivity contribution in [2.45, 2.75) is 211 Å². The van der Waals surface area contributed by atoms with E-state index in [1.165, 1.54) is 109 Å². The zero-order valence-electron chi connectivity index (χ0n) is 30.0. The fourth-order valence-corrected chi connectivity index (χ4v) is 6.15. The summed E-state index contributed by atoms with van der Waals surface area (Å²) in [7, 11) is 0. The van der Waals surface area contributed by atoms with Gasteiger partial charge in [-0.15, -0.1) is 0 Å². The summed E-state index contributed by atoms with van der Waals surface area (Å²) >= 11 is 0. The Balaban J connectivity index is 2.41. The molecule has 1 saturated heterocycles. The quantitative estimate of drug-likeness (QED) is 0.0357. The summed E-state index contributed by atoms with van der Waals surface area (Å²) in [5, 5.41) is 53.8. The molecule has 0 aromatic rings.